The second-order valence-electron chi connectivity index (χ2n) is 5.98. The summed E-state index contributed by atoms with van der Waals surface area (Å²) in [6, 6.07) is 11.7. The number of carbonyl (C=O) groups excluding carboxylic acids is 2. The highest BCUT2D eigenvalue weighted by atomic mass is 32.1. The van der Waals surface area contributed by atoms with Crippen LogP contribution in [-0.4, -0.2) is 24.5 Å². The van der Waals surface area contributed by atoms with Gasteiger partial charge in [-0.2, -0.15) is 0 Å². The number of hydrogen-bond donors (Lipinski definition) is 2. The van der Waals surface area contributed by atoms with E-state index >= 15 is 0 Å². The standard InChI is InChI=1S/C19H15FN2O4S/c1-10-16-11(20)5-4-8-15(16)27-17(10)19(24)22-21-18(23)14-9-25-12-6-2-3-7-13(12)26-14/h2-8,14H,9H2,1H3,(H,21,23)(H,22,24). The van der Waals surface area contributed by atoms with Crippen molar-refractivity contribution in [1.82, 2.24) is 10.9 Å². The molecule has 138 valence electrons. The Morgan fingerprint density at radius 3 is 2.67 bits per heavy atom. The van der Waals surface area contributed by atoms with Gasteiger partial charge >= 0.3 is 0 Å². The van der Waals surface area contributed by atoms with Crippen molar-refractivity contribution in [3.8, 4) is 11.5 Å². The lowest BCUT2D eigenvalue weighted by atomic mass is 10.1. The minimum absolute atomic E-state index is 0.0336. The van der Waals surface area contributed by atoms with Crippen molar-refractivity contribution in [2.45, 2.75) is 13.0 Å². The van der Waals surface area contributed by atoms with Crippen molar-refractivity contribution in [3.63, 3.8) is 0 Å². The third kappa shape index (κ3) is 3.19. The van der Waals surface area contributed by atoms with Crippen LogP contribution in [0.1, 0.15) is 15.2 Å². The maximum absolute atomic E-state index is 14.0. The van der Waals surface area contributed by atoms with Crippen LogP contribution in [0.3, 0.4) is 0 Å². The first-order valence-corrected chi connectivity index (χ1v) is 9.02. The van der Waals surface area contributed by atoms with E-state index in [2.05, 4.69) is 10.9 Å². The largest absolute Gasteiger partial charge is 0.485 e. The average Bonchev–Trinajstić information content (AvgIpc) is 3.03. The quantitative estimate of drug-likeness (QED) is 0.664. The Labute approximate surface area is 157 Å². The van der Waals surface area contributed by atoms with Crippen LogP contribution in [0.5, 0.6) is 11.5 Å². The summed E-state index contributed by atoms with van der Waals surface area (Å²) in [7, 11) is 0. The number of rotatable bonds is 2. The zero-order valence-electron chi connectivity index (χ0n) is 14.2. The van der Waals surface area contributed by atoms with Crippen LogP contribution in [0.25, 0.3) is 10.1 Å². The van der Waals surface area contributed by atoms with Gasteiger partial charge in [-0.3, -0.25) is 20.4 Å². The molecule has 1 atom stereocenters. The Hall–Kier alpha value is -3.13. The van der Waals surface area contributed by atoms with Gasteiger partial charge in [-0.25, -0.2) is 4.39 Å². The van der Waals surface area contributed by atoms with Crippen molar-refractivity contribution in [2.24, 2.45) is 0 Å². The molecule has 0 spiro atoms. The summed E-state index contributed by atoms with van der Waals surface area (Å²) in [4.78, 5) is 25.0. The predicted molar refractivity (Wildman–Crippen MR) is 98.5 cm³/mol. The van der Waals surface area contributed by atoms with E-state index in [-0.39, 0.29) is 12.4 Å². The molecule has 1 aliphatic rings. The first kappa shape index (κ1) is 17.3. The highest BCUT2D eigenvalue weighted by Gasteiger charge is 2.28. The van der Waals surface area contributed by atoms with E-state index in [4.69, 9.17) is 9.47 Å². The van der Waals surface area contributed by atoms with E-state index in [0.29, 0.717) is 32.0 Å². The summed E-state index contributed by atoms with van der Waals surface area (Å²) in [6.45, 7) is 1.71. The molecule has 2 heterocycles. The molecule has 0 saturated carbocycles. The molecule has 0 bridgehead atoms. The van der Waals surface area contributed by atoms with E-state index in [1.54, 1.807) is 43.3 Å². The number of hydrogen-bond acceptors (Lipinski definition) is 5. The van der Waals surface area contributed by atoms with Crippen LogP contribution in [-0.2, 0) is 4.79 Å². The second-order valence-corrected chi connectivity index (χ2v) is 7.03. The summed E-state index contributed by atoms with van der Waals surface area (Å²) in [5.74, 6) is -0.406. The molecule has 1 unspecified atom stereocenters. The molecular formula is C19H15FN2O4S. The molecule has 2 aromatic carbocycles. The van der Waals surface area contributed by atoms with Crippen LogP contribution in [0.4, 0.5) is 4.39 Å². The smallest absolute Gasteiger partial charge is 0.283 e. The van der Waals surface area contributed by atoms with Crippen LogP contribution >= 0.6 is 11.3 Å². The zero-order valence-corrected chi connectivity index (χ0v) is 15.1. The molecule has 2 amide bonds. The fourth-order valence-electron chi connectivity index (χ4n) is 2.87. The number of hydrazine groups is 1. The van der Waals surface area contributed by atoms with Gasteiger partial charge in [0.15, 0.2) is 11.5 Å². The third-order valence-corrected chi connectivity index (χ3v) is 5.47. The summed E-state index contributed by atoms with van der Waals surface area (Å²) in [5.41, 5.74) is 5.23. The molecule has 27 heavy (non-hydrogen) atoms. The van der Waals surface area contributed by atoms with Crippen LogP contribution in [0, 0.1) is 12.7 Å². The van der Waals surface area contributed by atoms with Gasteiger partial charge in [-0.05, 0) is 36.8 Å². The van der Waals surface area contributed by atoms with Crippen LogP contribution in [0.15, 0.2) is 42.5 Å². The minimum atomic E-state index is -0.888. The average molecular weight is 386 g/mol. The number of ether oxygens (including phenoxy) is 2. The topological polar surface area (TPSA) is 76.7 Å². The Kier molecular flexibility index (Phi) is 4.41. The first-order chi connectivity index (χ1) is 13.0. The molecule has 4 rings (SSSR count). The maximum atomic E-state index is 14.0. The first-order valence-electron chi connectivity index (χ1n) is 8.21. The number of para-hydroxylation sites is 2. The number of nitrogens with one attached hydrogen (secondary N) is 2. The Balaban J connectivity index is 1.43. The SMILES string of the molecule is Cc1c(C(=O)NNC(=O)C2COc3ccccc3O2)sc2cccc(F)c12. The highest BCUT2D eigenvalue weighted by Crippen LogP contribution is 2.33. The molecule has 2 N–H and O–H groups in total. The number of fused-ring (bicyclic) bond motifs is 2. The van der Waals surface area contributed by atoms with Crippen LogP contribution in [0.2, 0.25) is 0 Å². The molecule has 8 heteroatoms. The molecule has 3 aromatic rings. The van der Waals surface area contributed by atoms with Gasteiger partial charge in [-0.1, -0.05) is 18.2 Å². The summed E-state index contributed by atoms with van der Waals surface area (Å²) >= 11 is 1.16. The summed E-state index contributed by atoms with van der Waals surface area (Å²) in [6.07, 6.45) is -0.888. The van der Waals surface area contributed by atoms with Crippen molar-refractivity contribution in [3.05, 3.63) is 58.7 Å². The zero-order chi connectivity index (χ0) is 19.0. The molecule has 1 aromatic heterocycles. The Bertz CT molecular complexity index is 1050. The maximum Gasteiger partial charge on any atom is 0.283 e. The molecule has 0 fully saturated rings. The summed E-state index contributed by atoms with van der Waals surface area (Å²) < 4.78 is 25.7. The highest BCUT2D eigenvalue weighted by molar-refractivity contribution is 7.21. The van der Waals surface area contributed by atoms with Gasteiger partial charge in [0.1, 0.15) is 12.4 Å². The Morgan fingerprint density at radius 1 is 1.11 bits per heavy atom. The molecule has 0 aliphatic carbocycles. The van der Waals surface area contributed by atoms with Gasteiger partial charge in [0, 0.05) is 10.1 Å². The number of halogens is 1. The van der Waals surface area contributed by atoms with Crippen molar-refractivity contribution < 1.29 is 23.5 Å². The lowest BCUT2D eigenvalue weighted by molar-refractivity contribution is -0.131. The molecule has 6 nitrogen and oxygen atoms in total. The van der Waals surface area contributed by atoms with Gasteiger partial charge in [0.2, 0.25) is 6.10 Å². The van der Waals surface area contributed by atoms with E-state index in [1.807, 2.05) is 0 Å². The van der Waals surface area contributed by atoms with Gasteiger partial charge in [0.25, 0.3) is 11.8 Å². The summed E-state index contributed by atoms with van der Waals surface area (Å²) in [5, 5.41) is 0.416. The van der Waals surface area contributed by atoms with Crippen molar-refractivity contribution in [1.29, 1.82) is 0 Å². The van der Waals surface area contributed by atoms with E-state index in [0.717, 1.165) is 11.3 Å². The van der Waals surface area contributed by atoms with Gasteiger partial charge in [0.05, 0.1) is 4.88 Å². The third-order valence-electron chi connectivity index (χ3n) is 4.21. The van der Waals surface area contributed by atoms with E-state index < -0.39 is 17.9 Å². The van der Waals surface area contributed by atoms with Crippen LogP contribution < -0.4 is 20.3 Å². The number of amides is 2. The number of aryl methyl sites for hydroxylation is 1. The molecule has 0 saturated heterocycles. The lowest BCUT2D eigenvalue weighted by Gasteiger charge is -2.25. The van der Waals surface area contributed by atoms with Crippen molar-refractivity contribution in [2.75, 3.05) is 6.61 Å². The van der Waals surface area contributed by atoms with Gasteiger partial charge < -0.3 is 9.47 Å². The van der Waals surface area contributed by atoms with Gasteiger partial charge in [-0.15, -0.1) is 11.3 Å². The molecule has 1 aliphatic heterocycles. The lowest BCUT2D eigenvalue weighted by Crippen LogP contribution is -2.50. The fraction of sp³-hybridized carbons (Fsp3) is 0.158. The normalized spacial score (nSPS) is 15.4. The van der Waals surface area contributed by atoms with Crippen molar-refractivity contribution >= 4 is 33.2 Å². The number of thiophene rings is 1. The Morgan fingerprint density at radius 2 is 1.89 bits per heavy atom. The minimum Gasteiger partial charge on any atom is -0.485 e. The second kappa shape index (κ2) is 6.88. The fourth-order valence-corrected chi connectivity index (χ4v) is 3.99. The number of benzene rings is 2. The number of carbonyl (C=O) groups is 2. The van der Waals surface area contributed by atoms with E-state index in [9.17, 15) is 14.0 Å². The molecular weight excluding hydrogens is 371 g/mol. The monoisotopic (exact) mass is 386 g/mol. The predicted octanol–water partition coefficient (Wildman–Crippen LogP) is 2.95. The molecule has 0 radical (unpaired) electrons. The van der Waals surface area contributed by atoms with E-state index in [1.165, 1.54) is 6.07 Å².